The first-order valence-corrected chi connectivity index (χ1v) is 9.16. The first kappa shape index (κ1) is 15.6. The van der Waals surface area contributed by atoms with E-state index in [2.05, 4.69) is 21.2 Å². The van der Waals surface area contributed by atoms with Crippen LogP contribution >= 0.6 is 15.9 Å². The quantitative estimate of drug-likeness (QED) is 0.544. The second-order valence-corrected chi connectivity index (χ2v) is 7.86. The number of carbonyl (C=O) groups excluding carboxylic acids is 1. The summed E-state index contributed by atoms with van der Waals surface area (Å²) < 4.78 is 18.1. The number of esters is 1. The molecule has 0 amide bonds. The normalized spacial score (nSPS) is 23.2. The van der Waals surface area contributed by atoms with Crippen molar-refractivity contribution in [1.82, 2.24) is 0 Å². The van der Waals surface area contributed by atoms with E-state index in [0.29, 0.717) is 20.3 Å². The van der Waals surface area contributed by atoms with E-state index in [9.17, 15) is 14.5 Å². The molecule has 122 valence electrons. The molecule has 2 atom stereocenters. The van der Waals surface area contributed by atoms with E-state index in [1.807, 2.05) is 24.3 Å². The number of allylic oxidation sites excluding steroid dienone is 3. The van der Waals surface area contributed by atoms with Crippen LogP contribution in [-0.4, -0.2) is 28.0 Å². The molecule has 2 unspecified atom stereocenters. The van der Waals surface area contributed by atoms with Crippen molar-refractivity contribution >= 4 is 50.1 Å². The van der Waals surface area contributed by atoms with Crippen molar-refractivity contribution in [2.75, 3.05) is 12.4 Å². The maximum Gasteiger partial charge on any atom is 0.354 e. The molecule has 0 saturated carbocycles. The third kappa shape index (κ3) is 2.08. The molecule has 4 rings (SSSR count). The molecule has 0 bridgehead atoms. The van der Waals surface area contributed by atoms with Crippen LogP contribution in [0.2, 0.25) is 0 Å². The maximum absolute atomic E-state index is 12.8. The fourth-order valence-electron chi connectivity index (χ4n) is 3.12. The number of benzene rings is 1. The van der Waals surface area contributed by atoms with Gasteiger partial charge in [-0.25, -0.2) is 4.79 Å². The number of ether oxygens (including phenoxy) is 1. The zero-order chi connectivity index (χ0) is 17.0. The smallest absolute Gasteiger partial charge is 0.354 e. The molecule has 0 radical (unpaired) electrons. The fourth-order valence-corrected chi connectivity index (χ4v) is 5.39. The van der Waals surface area contributed by atoms with E-state index in [1.165, 1.54) is 13.2 Å². The van der Waals surface area contributed by atoms with E-state index >= 15 is 0 Å². The minimum atomic E-state index is -1.23. The SMILES string of the molecule is COC(=O)C1=CC(O)=c2c(c(Br)cc3c2=C2C=CC=CC2[S+]3[O-])N1. The van der Waals surface area contributed by atoms with Crippen molar-refractivity contribution in [3.8, 4) is 0 Å². The summed E-state index contributed by atoms with van der Waals surface area (Å²) in [6.45, 7) is 0. The predicted octanol–water partition coefficient (Wildman–Crippen LogP) is 1.36. The predicted molar refractivity (Wildman–Crippen MR) is 95.0 cm³/mol. The number of methoxy groups -OCH3 is 1. The van der Waals surface area contributed by atoms with E-state index in [0.717, 1.165) is 10.8 Å². The zero-order valence-electron chi connectivity index (χ0n) is 12.5. The average molecular weight is 406 g/mol. The Bertz CT molecular complexity index is 993. The van der Waals surface area contributed by atoms with Gasteiger partial charge in [-0.1, -0.05) is 18.2 Å². The lowest BCUT2D eigenvalue weighted by Gasteiger charge is -2.17. The lowest BCUT2D eigenvalue weighted by Crippen LogP contribution is -2.36. The summed E-state index contributed by atoms with van der Waals surface area (Å²) >= 11 is 2.22. The number of nitrogens with one attached hydrogen (secondary N) is 1. The Hall–Kier alpha value is -1.96. The Morgan fingerprint density at radius 3 is 2.96 bits per heavy atom. The number of halogens is 1. The standard InChI is InChI=1S/C17H12BrNO4S/c1-23-17(21)10-7-11(20)15-14-8-4-2-3-5-12(8)24(22)13(14)6-9(18)16(15)19-10/h2-7,12,19-20H,1H3. The highest BCUT2D eigenvalue weighted by Crippen LogP contribution is 2.33. The van der Waals surface area contributed by atoms with Gasteiger partial charge in [0.15, 0.2) is 10.1 Å². The van der Waals surface area contributed by atoms with Crippen LogP contribution in [0.15, 0.2) is 51.5 Å². The molecule has 5 nitrogen and oxygen atoms in total. The summed E-state index contributed by atoms with van der Waals surface area (Å²) in [6.07, 6.45) is 8.90. The second kappa shape index (κ2) is 5.54. The molecule has 0 saturated heterocycles. The summed E-state index contributed by atoms with van der Waals surface area (Å²) in [7, 11) is 1.28. The van der Waals surface area contributed by atoms with Crippen molar-refractivity contribution in [1.29, 1.82) is 0 Å². The summed E-state index contributed by atoms with van der Waals surface area (Å²) in [5.74, 6) is -0.635. The van der Waals surface area contributed by atoms with Crippen LogP contribution in [0.4, 0.5) is 5.69 Å². The zero-order valence-corrected chi connectivity index (χ0v) is 14.9. The molecule has 2 aliphatic heterocycles. The molecule has 1 aromatic carbocycles. The summed E-state index contributed by atoms with van der Waals surface area (Å²) in [4.78, 5) is 12.4. The molecule has 2 N–H and O–H groups in total. The van der Waals surface area contributed by atoms with Gasteiger partial charge in [0.1, 0.15) is 11.5 Å². The van der Waals surface area contributed by atoms with Gasteiger partial charge in [-0.05, 0) is 33.2 Å². The van der Waals surface area contributed by atoms with Gasteiger partial charge in [-0.3, -0.25) is 0 Å². The topological polar surface area (TPSA) is 81.6 Å². The molecule has 0 spiro atoms. The van der Waals surface area contributed by atoms with Gasteiger partial charge in [0.05, 0.1) is 23.2 Å². The van der Waals surface area contributed by atoms with E-state index in [4.69, 9.17) is 4.74 Å². The van der Waals surface area contributed by atoms with Crippen molar-refractivity contribution in [3.63, 3.8) is 0 Å². The minimum Gasteiger partial charge on any atom is -0.611 e. The average Bonchev–Trinajstić information content (AvgIpc) is 2.87. The van der Waals surface area contributed by atoms with Gasteiger partial charge in [-0.15, -0.1) is 0 Å². The van der Waals surface area contributed by atoms with Crippen LogP contribution in [0.25, 0.3) is 11.3 Å². The molecular formula is C17H12BrNO4S. The Kier molecular flexibility index (Phi) is 3.59. The van der Waals surface area contributed by atoms with Gasteiger partial charge in [-0.2, -0.15) is 0 Å². The molecule has 0 aromatic heterocycles. The Labute approximate surface area is 149 Å². The van der Waals surface area contributed by atoms with E-state index in [-0.39, 0.29) is 16.7 Å². The fraction of sp³-hybridized carbons (Fsp3) is 0.118. The molecule has 2 heterocycles. The summed E-state index contributed by atoms with van der Waals surface area (Å²) in [5.41, 5.74) is 1.60. The molecule has 3 aliphatic rings. The number of fused-ring (bicyclic) bond motifs is 4. The Morgan fingerprint density at radius 2 is 2.21 bits per heavy atom. The second-order valence-electron chi connectivity index (χ2n) is 5.46. The first-order valence-electron chi connectivity index (χ1n) is 7.15. The van der Waals surface area contributed by atoms with Crippen LogP contribution in [0.3, 0.4) is 0 Å². The first-order chi connectivity index (χ1) is 11.5. The summed E-state index contributed by atoms with van der Waals surface area (Å²) in [6, 6.07) is 1.78. The van der Waals surface area contributed by atoms with E-state index in [1.54, 1.807) is 6.07 Å². The van der Waals surface area contributed by atoms with Crippen molar-refractivity contribution in [3.05, 3.63) is 57.1 Å². The number of aliphatic hydroxyl groups excluding tert-OH is 1. The molecular weight excluding hydrogens is 394 g/mol. The number of hydrogen-bond donors (Lipinski definition) is 2. The summed E-state index contributed by atoms with van der Waals surface area (Å²) in [5, 5.41) is 14.6. The van der Waals surface area contributed by atoms with Crippen LogP contribution < -0.4 is 15.8 Å². The number of hydrogen-bond acceptors (Lipinski definition) is 5. The third-order valence-electron chi connectivity index (χ3n) is 4.16. The Balaban J connectivity index is 2.11. The Morgan fingerprint density at radius 1 is 1.42 bits per heavy atom. The molecule has 1 aliphatic carbocycles. The van der Waals surface area contributed by atoms with Crippen LogP contribution in [0.1, 0.15) is 0 Å². The lowest BCUT2D eigenvalue weighted by molar-refractivity contribution is -0.135. The number of rotatable bonds is 1. The van der Waals surface area contributed by atoms with Crippen molar-refractivity contribution in [2.45, 2.75) is 10.1 Å². The highest BCUT2D eigenvalue weighted by atomic mass is 79.9. The third-order valence-corrected chi connectivity index (χ3v) is 6.41. The maximum atomic E-state index is 12.8. The monoisotopic (exact) mass is 405 g/mol. The molecule has 24 heavy (non-hydrogen) atoms. The minimum absolute atomic E-state index is 0.0604. The highest BCUT2D eigenvalue weighted by Gasteiger charge is 2.37. The number of carbonyl (C=O) groups is 1. The van der Waals surface area contributed by atoms with Gasteiger partial charge in [0, 0.05) is 22.2 Å². The highest BCUT2D eigenvalue weighted by molar-refractivity contribution is 9.10. The van der Waals surface area contributed by atoms with E-state index < -0.39 is 17.1 Å². The van der Waals surface area contributed by atoms with Gasteiger partial charge < -0.3 is 19.7 Å². The largest absolute Gasteiger partial charge is 0.611 e. The lowest BCUT2D eigenvalue weighted by atomic mass is 10.0. The van der Waals surface area contributed by atoms with Crippen LogP contribution in [-0.2, 0) is 20.7 Å². The van der Waals surface area contributed by atoms with Crippen molar-refractivity contribution in [2.24, 2.45) is 0 Å². The number of anilines is 1. The van der Waals surface area contributed by atoms with Crippen LogP contribution in [0.5, 0.6) is 0 Å². The van der Waals surface area contributed by atoms with Gasteiger partial charge in [0.2, 0.25) is 0 Å². The molecule has 7 heteroatoms. The van der Waals surface area contributed by atoms with Crippen LogP contribution in [0, 0.1) is 0 Å². The molecule has 0 fully saturated rings. The van der Waals surface area contributed by atoms with Crippen molar-refractivity contribution < 1.29 is 19.2 Å². The van der Waals surface area contributed by atoms with Gasteiger partial charge >= 0.3 is 5.97 Å². The van der Waals surface area contributed by atoms with Gasteiger partial charge in [0.25, 0.3) is 0 Å². The molecule has 1 aromatic rings. The number of aliphatic hydroxyl groups is 1.